The van der Waals surface area contributed by atoms with Crippen molar-refractivity contribution >= 4 is 13.0 Å². The minimum Gasteiger partial charge on any atom is -0.408 e. The summed E-state index contributed by atoms with van der Waals surface area (Å²) in [6.45, 7) is 8.48. The maximum Gasteiger partial charge on any atom is 0.457 e. The summed E-state index contributed by atoms with van der Waals surface area (Å²) in [7, 11) is -0.109. The summed E-state index contributed by atoms with van der Waals surface area (Å²) in [5.74, 6) is 0.730. The molecule has 5 nitrogen and oxygen atoms in total. The Labute approximate surface area is 219 Å². The molecule has 1 amide bonds. The van der Waals surface area contributed by atoms with Crippen LogP contribution in [0.15, 0.2) is 61.3 Å². The third-order valence-electron chi connectivity index (χ3n) is 6.96. The van der Waals surface area contributed by atoms with E-state index in [0.29, 0.717) is 18.9 Å². The van der Waals surface area contributed by atoms with Crippen molar-refractivity contribution in [3.8, 4) is 0 Å². The van der Waals surface area contributed by atoms with Gasteiger partial charge < -0.3 is 19.7 Å². The van der Waals surface area contributed by atoms with E-state index < -0.39 is 6.10 Å². The van der Waals surface area contributed by atoms with Gasteiger partial charge in [-0.05, 0) is 64.1 Å². The van der Waals surface area contributed by atoms with Crippen LogP contribution in [0.5, 0.6) is 0 Å². The zero-order chi connectivity index (χ0) is 26.0. The number of rotatable bonds is 18. The molecular weight excluding hydrogens is 449 g/mol. The molecule has 0 aromatic rings. The molecule has 1 saturated carbocycles. The fraction of sp³-hybridized carbons (Fsp3) is 0.633. The highest BCUT2D eigenvalue weighted by Crippen LogP contribution is 2.44. The smallest absolute Gasteiger partial charge is 0.408 e. The minimum absolute atomic E-state index is 0.109. The van der Waals surface area contributed by atoms with Crippen molar-refractivity contribution in [1.29, 1.82) is 0 Å². The van der Waals surface area contributed by atoms with Crippen LogP contribution >= 0.6 is 0 Å². The lowest BCUT2D eigenvalue weighted by Crippen LogP contribution is -2.37. The number of hydrogen-bond acceptors (Lipinski definition) is 4. The maximum absolute atomic E-state index is 11.6. The Morgan fingerprint density at radius 3 is 2.67 bits per heavy atom. The van der Waals surface area contributed by atoms with Crippen LogP contribution in [0.25, 0.3) is 0 Å². The molecule has 0 aromatic carbocycles. The molecule has 1 heterocycles. The zero-order valence-corrected chi connectivity index (χ0v) is 22.5. The van der Waals surface area contributed by atoms with E-state index >= 15 is 0 Å². The molecule has 200 valence electrons. The summed E-state index contributed by atoms with van der Waals surface area (Å²) in [5, 5.41) is 13.4. The molecule has 2 fully saturated rings. The van der Waals surface area contributed by atoms with E-state index in [1.807, 2.05) is 31.2 Å². The van der Waals surface area contributed by atoms with Crippen LogP contribution in [0.4, 0.5) is 0 Å². The van der Waals surface area contributed by atoms with Gasteiger partial charge in [0.25, 0.3) is 0 Å². The Morgan fingerprint density at radius 2 is 1.89 bits per heavy atom. The van der Waals surface area contributed by atoms with Crippen LogP contribution in [0, 0.1) is 11.8 Å². The number of carbonyl (C=O) groups is 1. The Morgan fingerprint density at radius 1 is 1.08 bits per heavy atom. The number of aliphatic hydroxyl groups excluding tert-OH is 1. The van der Waals surface area contributed by atoms with Crippen molar-refractivity contribution in [3.05, 3.63) is 61.3 Å². The van der Waals surface area contributed by atoms with Crippen molar-refractivity contribution < 1.29 is 19.2 Å². The van der Waals surface area contributed by atoms with Crippen LogP contribution in [0.2, 0.25) is 6.32 Å². The standard InChI is InChI=1S/C30H48BNO4/c1-4-7-9-10-11-12-15-18-25(33)21-22-27-26(19-16-13-14-17-20-30(34)32-6-3)28-24-29(27)36-31(35-28)23-8-5-2/h4,7,9-11,13,16,21-22,25-29,33H,1,5-6,8,12,14-15,17-20,23-24H2,2-3H3,(H,32,34)/b9-7-,11-10-,16-13-,22-21+/t25-,26+,27+,28-,29+/m0/s1. The normalized spacial score (nSPS) is 25.0. The maximum atomic E-state index is 11.6. The number of aliphatic hydroxyl groups is 1. The SMILES string of the molecule is C=C/C=C\C=C/CCC[C@H](O)/C=C/[C@@H]1[C@@H](C/C=C\CCCC(=O)NCC)[C@@H]2C[C@H]1OB(CCCC)O2. The second kappa shape index (κ2) is 18.4. The van der Waals surface area contributed by atoms with Crippen molar-refractivity contribution in [2.75, 3.05) is 6.54 Å². The molecule has 1 aliphatic carbocycles. The van der Waals surface area contributed by atoms with E-state index in [9.17, 15) is 9.90 Å². The molecule has 5 atom stereocenters. The molecule has 6 heteroatoms. The van der Waals surface area contributed by atoms with Gasteiger partial charge in [-0.1, -0.05) is 81.0 Å². The van der Waals surface area contributed by atoms with Crippen LogP contribution in [0.3, 0.4) is 0 Å². The Kier molecular flexibility index (Phi) is 15.5. The minimum atomic E-state index is -0.440. The Balaban J connectivity index is 1.89. The van der Waals surface area contributed by atoms with Gasteiger partial charge in [0, 0.05) is 25.0 Å². The molecule has 2 bridgehead atoms. The highest BCUT2D eigenvalue weighted by atomic mass is 16.6. The molecule has 0 unspecified atom stereocenters. The quantitative estimate of drug-likeness (QED) is 0.100. The van der Waals surface area contributed by atoms with Gasteiger partial charge in [0.2, 0.25) is 5.91 Å². The van der Waals surface area contributed by atoms with Crippen molar-refractivity contribution in [1.82, 2.24) is 5.32 Å². The predicted octanol–water partition coefficient (Wildman–Crippen LogP) is 6.33. The first-order valence-electron chi connectivity index (χ1n) is 14.1. The molecule has 2 aliphatic rings. The van der Waals surface area contributed by atoms with Gasteiger partial charge in [0.05, 0.1) is 12.2 Å². The lowest BCUT2D eigenvalue weighted by molar-refractivity contribution is -0.121. The van der Waals surface area contributed by atoms with Gasteiger partial charge in [-0.25, -0.2) is 0 Å². The molecule has 2 rings (SSSR count). The summed E-state index contributed by atoms with van der Waals surface area (Å²) < 4.78 is 12.7. The molecule has 2 N–H and O–H groups in total. The summed E-state index contributed by atoms with van der Waals surface area (Å²) in [6, 6.07) is 0. The van der Waals surface area contributed by atoms with E-state index in [2.05, 4.69) is 43.1 Å². The average Bonchev–Trinajstić information content (AvgIpc) is 3.11. The van der Waals surface area contributed by atoms with Gasteiger partial charge in [-0.3, -0.25) is 4.79 Å². The highest BCUT2D eigenvalue weighted by Gasteiger charge is 2.49. The summed E-state index contributed by atoms with van der Waals surface area (Å²) >= 11 is 0. The molecule has 36 heavy (non-hydrogen) atoms. The van der Waals surface area contributed by atoms with Crippen LogP contribution in [0.1, 0.15) is 78.1 Å². The number of unbranched alkanes of at least 4 members (excludes halogenated alkanes) is 3. The van der Waals surface area contributed by atoms with Crippen molar-refractivity contribution in [2.45, 2.75) is 103 Å². The van der Waals surface area contributed by atoms with Crippen molar-refractivity contribution in [2.24, 2.45) is 11.8 Å². The topological polar surface area (TPSA) is 67.8 Å². The fourth-order valence-corrected chi connectivity index (χ4v) is 5.04. The zero-order valence-electron chi connectivity index (χ0n) is 22.5. The van der Waals surface area contributed by atoms with Crippen LogP contribution < -0.4 is 5.32 Å². The number of allylic oxidation sites excluding steroid dienone is 7. The molecule has 1 aliphatic heterocycles. The molecule has 0 aromatic heterocycles. The monoisotopic (exact) mass is 497 g/mol. The van der Waals surface area contributed by atoms with Gasteiger partial charge in [0.1, 0.15) is 0 Å². The van der Waals surface area contributed by atoms with Gasteiger partial charge >= 0.3 is 7.12 Å². The summed E-state index contributed by atoms with van der Waals surface area (Å²) in [6.07, 6.45) is 28.3. The average molecular weight is 498 g/mol. The number of fused-ring (bicyclic) bond motifs is 2. The third kappa shape index (κ3) is 11.4. The first-order valence-corrected chi connectivity index (χ1v) is 14.1. The van der Waals surface area contributed by atoms with Crippen LogP contribution in [-0.2, 0) is 14.1 Å². The number of carbonyl (C=O) groups excluding carboxylic acids is 1. The predicted molar refractivity (Wildman–Crippen MR) is 151 cm³/mol. The first-order chi connectivity index (χ1) is 17.6. The fourth-order valence-electron chi connectivity index (χ4n) is 5.04. The van der Waals surface area contributed by atoms with E-state index in [-0.39, 0.29) is 31.2 Å². The summed E-state index contributed by atoms with van der Waals surface area (Å²) in [5.41, 5.74) is 0. The third-order valence-corrected chi connectivity index (χ3v) is 6.96. The molecule has 0 spiro atoms. The molecular formula is C30H48BNO4. The van der Waals surface area contributed by atoms with E-state index in [1.165, 1.54) is 0 Å². The van der Waals surface area contributed by atoms with Gasteiger partial charge in [-0.2, -0.15) is 0 Å². The summed E-state index contributed by atoms with van der Waals surface area (Å²) in [4.78, 5) is 11.6. The molecule has 1 saturated heterocycles. The largest absolute Gasteiger partial charge is 0.457 e. The number of nitrogens with one attached hydrogen (secondary N) is 1. The van der Waals surface area contributed by atoms with E-state index in [0.717, 1.165) is 64.1 Å². The first kappa shape index (κ1) is 30.3. The Hall–Kier alpha value is -1.89. The second-order valence-electron chi connectivity index (χ2n) is 9.88. The van der Waals surface area contributed by atoms with E-state index in [4.69, 9.17) is 9.31 Å². The number of hydrogen-bond donors (Lipinski definition) is 2. The van der Waals surface area contributed by atoms with Gasteiger partial charge in [-0.15, -0.1) is 0 Å². The lowest BCUT2D eigenvalue weighted by Gasteiger charge is -2.27. The van der Waals surface area contributed by atoms with Gasteiger partial charge in [0.15, 0.2) is 0 Å². The lowest BCUT2D eigenvalue weighted by atomic mass is 9.80. The van der Waals surface area contributed by atoms with Crippen LogP contribution in [-0.4, -0.2) is 43.0 Å². The van der Waals surface area contributed by atoms with E-state index in [1.54, 1.807) is 6.08 Å². The molecule has 0 radical (unpaired) electrons. The number of amides is 1. The highest BCUT2D eigenvalue weighted by molar-refractivity contribution is 6.44. The van der Waals surface area contributed by atoms with Crippen molar-refractivity contribution in [3.63, 3.8) is 0 Å². The second-order valence-corrected chi connectivity index (χ2v) is 9.88. The Bertz CT molecular complexity index is 747.